The molecule has 0 unspecified atom stereocenters. The Bertz CT molecular complexity index is 771. The molecule has 4 N–H and O–H groups in total. The minimum absolute atomic E-state index is 0.448. The number of ether oxygens (including phenoxy) is 1. The molecule has 7 nitrogen and oxygen atoms in total. The highest BCUT2D eigenvalue weighted by Crippen LogP contribution is 2.28. The van der Waals surface area contributed by atoms with Crippen LogP contribution in [-0.2, 0) is 6.42 Å². The molecule has 1 aliphatic rings. The average Bonchev–Trinajstić information content (AvgIpc) is 2.72. The van der Waals surface area contributed by atoms with Crippen LogP contribution >= 0.6 is 11.8 Å². The Labute approximate surface area is 177 Å². The molecule has 1 fully saturated rings. The van der Waals surface area contributed by atoms with E-state index in [1.807, 2.05) is 24.3 Å². The number of rotatable bonds is 9. The zero-order valence-electron chi connectivity index (χ0n) is 17.4. The van der Waals surface area contributed by atoms with Gasteiger partial charge in [-0.1, -0.05) is 30.0 Å². The molecule has 158 valence electrons. The molecule has 0 atom stereocenters. The third-order valence-electron chi connectivity index (χ3n) is 5.31. The van der Waals surface area contributed by atoms with Crippen LogP contribution in [0, 0.1) is 0 Å². The van der Waals surface area contributed by atoms with Crippen LogP contribution in [-0.4, -0.2) is 72.4 Å². The molecule has 0 amide bonds. The van der Waals surface area contributed by atoms with Gasteiger partial charge >= 0.3 is 0 Å². The first-order valence-electron chi connectivity index (χ1n) is 10.1. The summed E-state index contributed by atoms with van der Waals surface area (Å²) in [5.74, 6) is 2.68. The largest absolute Gasteiger partial charge is 0.496 e. The molecule has 1 saturated heterocycles. The molecule has 0 radical (unpaired) electrons. The minimum Gasteiger partial charge on any atom is -0.496 e. The van der Waals surface area contributed by atoms with Crippen LogP contribution in [0.1, 0.15) is 24.0 Å². The number of likely N-dealkylation sites (N-methyl/N-ethyl adjacent to an activating group) is 1. The van der Waals surface area contributed by atoms with Gasteiger partial charge in [-0.15, -0.1) is 0 Å². The lowest BCUT2D eigenvalue weighted by atomic mass is 10.1. The fourth-order valence-corrected chi connectivity index (χ4v) is 4.31. The van der Waals surface area contributed by atoms with Gasteiger partial charge in [-0.25, -0.2) is 9.97 Å². The molecule has 1 aromatic carbocycles. The molecule has 0 saturated carbocycles. The summed E-state index contributed by atoms with van der Waals surface area (Å²) < 4.78 is 5.41. The topological polar surface area (TPSA) is 93.5 Å². The van der Waals surface area contributed by atoms with E-state index in [9.17, 15) is 0 Å². The number of hydrogen-bond acceptors (Lipinski definition) is 8. The van der Waals surface area contributed by atoms with Gasteiger partial charge < -0.3 is 26.0 Å². The molecular formula is C21H32N6OS. The number of nitrogen functional groups attached to an aromatic ring is 2. The van der Waals surface area contributed by atoms with Crippen molar-refractivity contribution in [1.82, 2.24) is 19.8 Å². The zero-order chi connectivity index (χ0) is 20.6. The van der Waals surface area contributed by atoms with Crippen LogP contribution in [0.25, 0.3) is 0 Å². The summed E-state index contributed by atoms with van der Waals surface area (Å²) in [4.78, 5) is 13.9. The number of aromatic nitrogens is 2. The molecule has 1 aliphatic heterocycles. The summed E-state index contributed by atoms with van der Waals surface area (Å²) in [6.45, 7) is 5.85. The monoisotopic (exact) mass is 416 g/mol. The van der Waals surface area contributed by atoms with Crippen LogP contribution in [0.4, 0.5) is 11.6 Å². The van der Waals surface area contributed by atoms with Crippen LogP contribution in [0.3, 0.4) is 0 Å². The van der Waals surface area contributed by atoms with Gasteiger partial charge in [0, 0.05) is 43.9 Å². The maximum absolute atomic E-state index is 6.20. The van der Waals surface area contributed by atoms with Gasteiger partial charge in [0.05, 0.1) is 7.11 Å². The number of para-hydroxylation sites is 1. The van der Waals surface area contributed by atoms with Gasteiger partial charge in [0.25, 0.3) is 0 Å². The van der Waals surface area contributed by atoms with Crippen LogP contribution < -0.4 is 16.2 Å². The Kier molecular flexibility index (Phi) is 7.97. The Morgan fingerprint density at radius 1 is 1.03 bits per heavy atom. The molecule has 2 aromatic rings. The molecule has 1 aromatic heterocycles. The van der Waals surface area contributed by atoms with Crippen LogP contribution in [0.5, 0.6) is 5.75 Å². The fraction of sp³-hybridized carbons (Fsp3) is 0.524. The van der Waals surface area contributed by atoms with E-state index in [1.165, 1.54) is 32.6 Å². The van der Waals surface area contributed by atoms with Gasteiger partial charge in [0.2, 0.25) is 0 Å². The van der Waals surface area contributed by atoms with Gasteiger partial charge in [-0.2, -0.15) is 0 Å². The van der Waals surface area contributed by atoms with E-state index in [0.717, 1.165) is 35.6 Å². The number of thioether (sulfide) groups is 1. The number of piperazine rings is 1. The second-order valence-electron chi connectivity index (χ2n) is 7.44. The predicted molar refractivity (Wildman–Crippen MR) is 121 cm³/mol. The molecule has 0 bridgehead atoms. The first kappa shape index (κ1) is 21.7. The van der Waals surface area contributed by atoms with E-state index < -0.39 is 0 Å². The highest BCUT2D eigenvalue weighted by Gasteiger charge is 2.15. The van der Waals surface area contributed by atoms with E-state index in [-0.39, 0.29) is 0 Å². The van der Waals surface area contributed by atoms with Crippen molar-refractivity contribution < 1.29 is 4.74 Å². The maximum Gasteiger partial charge on any atom is 0.191 e. The number of nitrogens with two attached hydrogens (primary N) is 2. The SMILES string of the molecule is COc1ccccc1Cc1c(N)nc(SCCCCN2CCN(C)CC2)nc1N. The van der Waals surface area contributed by atoms with Crippen molar-refractivity contribution >= 4 is 23.4 Å². The summed E-state index contributed by atoms with van der Waals surface area (Å²) >= 11 is 1.62. The summed E-state index contributed by atoms with van der Waals surface area (Å²) in [5, 5.41) is 0.656. The van der Waals surface area contributed by atoms with Gasteiger partial charge in [0.15, 0.2) is 5.16 Å². The summed E-state index contributed by atoms with van der Waals surface area (Å²) in [7, 11) is 3.85. The molecule has 0 aliphatic carbocycles. The number of anilines is 2. The van der Waals surface area contributed by atoms with Gasteiger partial charge in [0.1, 0.15) is 17.4 Å². The maximum atomic E-state index is 6.20. The van der Waals surface area contributed by atoms with Crippen molar-refractivity contribution in [2.24, 2.45) is 0 Å². The molecule has 0 spiro atoms. The predicted octanol–water partition coefficient (Wildman–Crippen LogP) is 2.36. The summed E-state index contributed by atoms with van der Waals surface area (Å²) in [5.41, 5.74) is 14.2. The van der Waals surface area contributed by atoms with Crippen molar-refractivity contribution in [3.05, 3.63) is 35.4 Å². The number of methoxy groups -OCH3 is 1. The molecule has 2 heterocycles. The Morgan fingerprint density at radius 2 is 1.72 bits per heavy atom. The van der Waals surface area contributed by atoms with Gasteiger partial charge in [-0.3, -0.25) is 0 Å². The zero-order valence-corrected chi connectivity index (χ0v) is 18.2. The fourth-order valence-electron chi connectivity index (χ4n) is 3.45. The second kappa shape index (κ2) is 10.7. The van der Waals surface area contributed by atoms with Crippen LogP contribution in [0.15, 0.2) is 29.4 Å². The van der Waals surface area contributed by atoms with Crippen LogP contribution in [0.2, 0.25) is 0 Å². The van der Waals surface area contributed by atoms with E-state index in [1.54, 1.807) is 18.9 Å². The van der Waals surface area contributed by atoms with Crippen molar-refractivity contribution in [1.29, 1.82) is 0 Å². The van der Waals surface area contributed by atoms with Crippen molar-refractivity contribution in [3.63, 3.8) is 0 Å². The summed E-state index contributed by atoms with van der Waals surface area (Å²) in [6.07, 6.45) is 2.87. The van der Waals surface area contributed by atoms with Crippen molar-refractivity contribution in [2.75, 3.05) is 64.1 Å². The molecular weight excluding hydrogens is 384 g/mol. The second-order valence-corrected chi connectivity index (χ2v) is 8.51. The average molecular weight is 417 g/mol. The standard InChI is InChI=1S/C21H32N6OS/c1-26-10-12-27(13-11-26)9-5-6-14-29-21-24-19(22)17(20(23)25-21)15-16-7-3-4-8-18(16)28-2/h3-4,7-8H,5-6,9-15H2,1-2H3,(H4,22,23,24,25). The highest BCUT2D eigenvalue weighted by molar-refractivity contribution is 7.99. The first-order valence-corrected chi connectivity index (χ1v) is 11.1. The normalized spacial score (nSPS) is 15.5. The minimum atomic E-state index is 0.448. The molecule has 29 heavy (non-hydrogen) atoms. The van der Waals surface area contributed by atoms with E-state index >= 15 is 0 Å². The van der Waals surface area contributed by atoms with E-state index in [0.29, 0.717) is 23.2 Å². The highest BCUT2D eigenvalue weighted by atomic mass is 32.2. The van der Waals surface area contributed by atoms with Crippen molar-refractivity contribution in [2.45, 2.75) is 24.4 Å². The first-order chi connectivity index (χ1) is 14.1. The number of nitrogens with zero attached hydrogens (tertiary/aromatic N) is 4. The summed E-state index contributed by atoms with van der Waals surface area (Å²) in [6, 6.07) is 7.84. The van der Waals surface area contributed by atoms with E-state index in [4.69, 9.17) is 16.2 Å². The number of unbranched alkanes of at least 4 members (excludes halogenated alkanes) is 1. The Hall–Kier alpha value is -2.03. The van der Waals surface area contributed by atoms with Crippen molar-refractivity contribution in [3.8, 4) is 5.75 Å². The van der Waals surface area contributed by atoms with Gasteiger partial charge in [-0.05, 0) is 38.1 Å². The number of hydrogen-bond donors (Lipinski definition) is 2. The third kappa shape index (κ3) is 6.22. The number of benzene rings is 1. The quantitative estimate of drug-likeness (QED) is 0.366. The molecule has 3 rings (SSSR count). The smallest absolute Gasteiger partial charge is 0.191 e. The van der Waals surface area contributed by atoms with E-state index in [2.05, 4.69) is 26.8 Å². The Morgan fingerprint density at radius 3 is 2.41 bits per heavy atom. The Balaban J connectivity index is 1.49. The third-order valence-corrected chi connectivity index (χ3v) is 6.24. The lowest BCUT2D eigenvalue weighted by molar-refractivity contribution is 0.153. The lowest BCUT2D eigenvalue weighted by Gasteiger charge is -2.32. The lowest BCUT2D eigenvalue weighted by Crippen LogP contribution is -2.44. The molecule has 8 heteroatoms.